The van der Waals surface area contributed by atoms with E-state index in [1.807, 2.05) is 30.3 Å². The second-order valence-electron chi connectivity index (χ2n) is 7.10. The Morgan fingerprint density at radius 2 is 1.95 bits per heavy atom. The number of carbonyl (C=O) groups is 1. The molecule has 1 aromatic carbocycles. The van der Waals surface area contributed by atoms with Gasteiger partial charge in [0.15, 0.2) is 0 Å². The van der Waals surface area contributed by atoms with Crippen molar-refractivity contribution in [2.75, 3.05) is 0 Å². The molecule has 1 aromatic rings. The molecule has 0 spiro atoms. The Labute approximate surface area is 134 Å². The highest BCUT2D eigenvalue weighted by Gasteiger charge is 2.34. The molecule has 122 valence electrons. The molecule has 0 aromatic heterocycles. The van der Waals surface area contributed by atoms with Gasteiger partial charge in [0, 0.05) is 0 Å². The average Bonchev–Trinajstić information content (AvgIpc) is 2.48. The van der Waals surface area contributed by atoms with Crippen LogP contribution in [0.1, 0.15) is 45.6 Å². The van der Waals surface area contributed by atoms with Crippen LogP contribution in [0, 0.1) is 17.8 Å². The minimum absolute atomic E-state index is 0.0260. The summed E-state index contributed by atoms with van der Waals surface area (Å²) in [6, 6.07) is 9.30. The third-order valence-electron chi connectivity index (χ3n) is 4.83. The van der Waals surface area contributed by atoms with E-state index in [9.17, 15) is 4.79 Å². The zero-order valence-electron chi connectivity index (χ0n) is 14.0. The van der Waals surface area contributed by atoms with E-state index in [0.717, 1.165) is 18.4 Å². The lowest BCUT2D eigenvalue weighted by atomic mass is 9.75. The van der Waals surface area contributed by atoms with Gasteiger partial charge in [-0.25, -0.2) is 0 Å². The van der Waals surface area contributed by atoms with Gasteiger partial charge in [-0.3, -0.25) is 4.79 Å². The van der Waals surface area contributed by atoms with Crippen molar-refractivity contribution in [2.45, 2.75) is 58.6 Å². The highest BCUT2D eigenvalue weighted by molar-refractivity contribution is 5.76. The van der Waals surface area contributed by atoms with Gasteiger partial charge in [0.2, 0.25) is 0 Å². The first-order chi connectivity index (χ1) is 10.5. The van der Waals surface area contributed by atoms with Crippen LogP contribution in [-0.2, 0) is 16.0 Å². The lowest BCUT2D eigenvalue weighted by Gasteiger charge is -2.37. The fraction of sp³-hybridized carbons (Fsp3) is 0.632. The molecule has 1 aliphatic carbocycles. The van der Waals surface area contributed by atoms with Crippen molar-refractivity contribution in [3.63, 3.8) is 0 Å². The maximum absolute atomic E-state index is 12.3. The minimum Gasteiger partial charge on any atom is -0.461 e. The van der Waals surface area contributed by atoms with Gasteiger partial charge < -0.3 is 10.5 Å². The molecular weight excluding hydrogens is 274 g/mol. The molecule has 1 aliphatic rings. The summed E-state index contributed by atoms with van der Waals surface area (Å²) >= 11 is 0. The summed E-state index contributed by atoms with van der Waals surface area (Å²) in [7, 11) is 0. The molecule has 0 aliphatic heterocycles. The predicted octanol–water partition coefficient (Wildman–Crippen LogP) is 3.56. The largest absolute Gasteiger partial charge is 0.461 e. The maximum atomic E-state index is 12.3. The Kier molecular flexibility index (Phi) is 6.01. The van der Waals surface area contributed by atoms with Crippen LogP contribution in [0.4, 0.5) is 0 Å². The predicted molar refractivity (Wildman–Crippen MR) is 89.3 cm³/mol. The van der Waals surface area contributed by atoms with Gasteiger partial charge in [0.05, 0.1) is 0 Å². The first-order valence-electron chi connectivity index (χ1n) is 8.47. The summed E-state index contributed by atoms with van der Waals surface area (Å²) in [5.74, 6) is 1.37. The number of esters is 1. The molecule has 1 saturated carbocycles. The van der Waals surface area contributed by atoms with Crippen LogP contribution in [0.25, 0.3) is 0 Å². The van der Waals surface area contributed by atoms with Crippen molar-refractivity contribution in [2.24, 2.45) is 23.5 Å². The standard InChI is InChI=1S/C19H29NO2/c1-13(2)16-10-9-14(3)11-18(16)22-19(21)17(20)12-15-7-5-4-6-8-15/h4-8,13-14,16-18H,9-12,20H2,1-3H3/t14-,16+,17+,18-/m1/s1. The van der Waals surface area contributed by atoms with Crippen LogP contribution in [0.2, 0.25) is 0 Å². The molecule has 0 amide bonds. The second kappa shape index (κ2) is 7.77. The monoisotopic (exact) mass is 303 g/mol. The lowest BCUT2D eigenvalue weighted by molar-refractivity contribution is -0.157. The van der Waals surface area contributed by atoms with E-state index in [0.29, 0.717) is 24.2 Å². The van der Waals surface area contributed by atoms with Crippen LogP contribution in [-0.4, -0.2) is 18.1 Å². The zero-order chi connectivity index (χ0) is 16.1. The first-order valence-corrected chi connectivity index (χ1v) is 8.47. The Hall–Kier alpha value is -1.35. The molecule has 3 heteroatoms. The van der Waals surface area contributed by atoms with E-state index in [1.165, 1.54) is 6.42 Å². The Morgan fingerprint density at radius 3 is 2.59 bits per heavy atom. The zero-order valence-corrected chi connectivity index (χ0v) is 14.0. The summed E-state index contributed by atoms with van der Waals surface area (Å²) < 4.78 is 5.81. The van der Waals surface area contributed by atoms with Gasteiger partial charge in [-0.2, -0.15) is 0 Å². The number of hydrogen-bond donors (Lipinski definition) is 1. The van der Waals surface area contributed by atoms with Gasteiger partial charge in [-0.05, 0) is 42.6 Å². The smallest absolute Gasteiger partial charge is 0.323 e. The molecule has 22 heavy (non-hydrogen) atoms. The van der Waals surface area contributed by atoms with E-state index in [-0.39, 0.29) is 12.1 Å². The van der Waals surface area contributed by atoms with Crippen molar-refractivity contribution in [1.29, 1.82) is 0 Å². The van der Waals surface area contributed by atoms with Crippen molar-refractivity contribution in [3.05, 3.63) is 35.9 Å². The Balaban J connectivity index is 1.94. The van der Waals surface area contributed by atoms with E-state index < -0.39 is 6.04 Å². The van der Waals surface area contributed by atoms with Crippen molar-refractivity contribution in [3.8, 4) is 0 Å². The number of nitrogens with two attached hydrogens (primary N) is 1. The molecule has 2 rings (SSSR count). The van der Waals surface area contributed by atoms with E-state index in [2.05, 4.69) is 20.8 Å². The Morgan fingerprint density at radius 1 is 1.27 bits per heavy atom. The number of hydrogen-bond acceptors (Lipinski definition) is 3. The molecule has 2 N–H and O–H groups in total. The lowest BCUT2D eigenvalue weighted by Crippen LogP contribution is -2.41. The fourth-order valence-corrected chi connectivity index (χ4v) is 3.44. The minimum atomic E-state index is -0.576. The number of benzene rings is 1. The maximum Gasteiger partial charge on any atom is 0.323 e. The number of ether oxygens (including phenoxy) is 1. The summed E-state index contributed by atoms with van der Waals surface area (Å²) in [4.78, 5) is 12.3. The summed E-state index contributed by atoms with van der Waals surface area (Å²) in [5, 5.41) is 0. The fourth-order valence-electron chi connectivity index (χ4n) is 3.44. The highest BCUT2D eigenvalue weighted by atomic mass is 16.5. The molecule has 0 heterocycles. The normalized spacial score (nSPS) is 26.7. The van der Waals surface area contributed by atoms with Crippen molar-refractivity contribution < 1.29 is 9.53 Å². The van der Waals surface area contributed by atoms with E-state index in [1.54, 1.807) is 0 Å². The van der Waals surface area contributed by atoms with Crippen LogP contribution in [0.5, 0.6) is 0 Å². The second-order valence-corrected chi connectivity index (χ2v) is 7.10. The van der Waals surface area contributed by atoms with Gasteiger partial charge in [-0.15, -0.1) is 0 Å². The molecule has 0 unspecified atom stereocenters. The molecule has 3 nitrogen and oxygen atoms in total. The molecule has 0 radical (unpaired) electrons. The molecule has 4 atom stereocenters. The summed E-state index contributed by atoms with van der Waals surface area (Å²) in [6.07, 6.45) is 3.90. The van der Waals surface area contributed by atoms with Crippen LogP contribution in [0.15, 0.2) is 30.3 Å². The van der Waals surface area contributed by atoms with Crippen LogP contribution in [0.3, 0.4) is 0 Å². The van der Waals surface area contributed by atoms with E-state index >= 15 is 0 Å². The van der Waals surface area contributed by atoms with Crippen molar-refractivity contribution >= 4 is 5.97 Å². The van der Waals surface area contributed by atoms with Gasteiger partial charge >= 0.3 is 5.97 Å². The van der Waals surface area contributed by atoms with Crippen LogP contribution >= 0.6 is 0 Å². The molecule has 1 fully saturated rings. The average molecular weight is 303 g/mol. The quantitative estimate of drug-likeness (QED) is 0.846. The van der Waals surface area contributed by atoms with Crippen molar-refractivity contribution in [1.82, 2.24) is 0 Å². The SMILES string of the molecule is CC(C)[C@@H]1CC[C@@H](C)C[C@H]1OC(=O)[C@@H](N)Cc1ccccc1. The Bertz CT molecular complexity index is 472. The van der Waals surface area contributed by atoms with Gasteiger partial charge in [-0.1, -0.05) is 57.5 Å². The summed E-state index contributed by atoms with van der Waals surface area (Å²) in [5.41, 5.74) is 7.12. The van der Waals surface area contributed by atoms with Gasteiger partial charge in [0.25, 0.3) is 0 Å². The molecule has 0 bridgehead atoms. The first kappa shape index (κ1) is 17.0. The molecule has 0 saturated heterocycles. The number of carbonyl (C=O) groups excluding carboxylic acids is 1. The third-order valence-corrected chi connectivity index (χ3v) is 4.83. The topological polar surface area (TPSA) is 52.3 Å². The van der Waals surface area contributed by atoms with Crippen LogP contribution < -0.4 is 5.73 Å². The molecular formula is C19H29NO2. The third kappa shape index (κ3) is 4.57. The van der Waals surface area contributed by atoms with E-state index in [4.69, 9.17) is 10.5 Å². The highest BCUT2D eigenvalue weighted by Crippen LogP contribution is 2.35. The number of rotatable bonds is 5. The summed E-state index contributed by atoms with van der Waals surface area (Å²) in [6.45, 7) is 6.66. The van der Waals surface area contributed by atoms with Gasteiger partial charge in [0.1, 0.15) is 12.1 Å².